The van der Waals surface area contributed by atoms with Gasteiger partial charge < -0.3 is 5.11 Å². The Hall–Kier alpha value is -1.26. The second-order valence-corrected chi connectivity index (χ2v) is 4.84. The summed E-state index contributed by atoms with van der Waals surface area (Å²) in [6, 6.07) is 8.50. The quantitative estimate of drug-likeness (QED) is 0.884. The van der Waals surface area contributed by atoms with Gasteiger partial charge in [0, 0.05) is 16.1 Å². The van der Waals surface area contributed by atoms with Crippen LogP contribution in [0.4, 0.5) is 8.78 Å². The molecule has 1 nitrogen and oxygen atoms in total. The highest BCUT2D eigenvalue weighted by Crippen LogP contribution is 2.31. The highest BCUT2D eigenvalue weighted by atomic mass is 79.9. The van der Waals surface area contributed by atoms with Crippen LogP contribution in [0.1, 0.15) is 22.8 Å². The third-order valence-electron chi connectivity index (χ3n) is 2.77. The Bertz CT molecular complexity index is 584. The van der Waals surface area contributed by atoms with Crippen LogP contribution >= 0.6 is 15.9 Å². The van der Waals surface area contributed by atoms with Gasteiger partial charge in [0.15, 0.2) is 0 Å². The van der Waals surface area contributed by atoms with Gasteiger partial charge in [0.2, 0.25) is 0 Å². The van der Waals surface area contributed by atoms with Gasteiger partial charge in [-0.25, -0.2) is 8.78 Å². The molecule has 0 aliphatic heterocycles. The minimum atomic E-state index is -1.13. The van der Waals surface area contributed by atoms with Crippen LogP contribution in [-0.2, 0) is 0 Å². The van der Waals surface area contributed by atoms with Crippen molar-refractivity contribution in [3.05, 3.63) is 69.2 Å². The van der Waals surface area contributed by atoms with Crippen LogP contribution < -0.4 is 0 Å². The van der Waals surface area contributed by atoms with Gasteiger partial charge in [0.25, 0.3) is 0 Å². The number of hydrogen-bond acceptors (Lipinski definition) is 1. The van der Waals surface area contributed by atoms with Gasteiger partial charge in [-0.15, -0.1) is 0 Å². The molecule has 0 aliphatic carbocycles. The lowest BCUT2D eigenvalue weighted by Gasteiger charge is -2.15. The van der Waals surface area contributed by atoms with Crippen LogP contribution in [0.5, 0.6) is 0 Å². The van der Waals surface area contributed by atoms with Crippen molar-refractivity contribution in [1.82, 2.24) is 0 Å². The summed E-state index contributed by atoms with van der Waals surface area (Å²) in [5.74, 6) is -1.41. The Kier molecular flexibility index (Phi) is 3.78. The number of rotatable bonds is 2. The van der Waals surface area contributed by atoms with E-state index in [2.05, 4.69) is 15.9 Å². The summed E-state index contributed by atoms with van der Waals surface area (Å²) in [5.41, 5.74) is 1.55. The molecule has 0 fully saturated rings. The first-order chi connectivity index (χ1) is 8.50. The van der Waals surface area contributed by atoms with Crippen molar-refractivity contribution in [3.63, 3.8) is 0 Å². The van der Waals surface area contributed by atoms with Gasteiger partial charge in [0.1, 0.15) is 17.7 Å². The van der Waals surface area contributed by atoms with Crippen molar-refractivity contribution in [2.75, 3.05) is 0 Å². The zero-order valence-electron chi connectivity index (χ0n) is 9.62. The number of hydrogen-bond donors (Lipinski definition) is 1. The molecule has 0 aromatic heterocycles. The third kappa shape index (κ3) is 2.44. The number of halogens is 3. The second-order valence-electron chi connectivity index (χ2n) is 4.05. The predicted molar refractivity (Wildman–Crippen MR) is 69.3 cm³/mol. The maximum atomic E-state index is 13.6. The smallest absolute Gasteiger partial charge is 0.132 e. The van der Waals surface area contributed by atoms with Crippen molar-refractivity contribution in [3.8, 4) is 0 Å². The van der Waals surface area contributed by atoms with Crippen molar-refractivity contribution >= 4 is 15.9 Å². The summed E-state index contributed by atoms with van der Waals surface area (Å²) in [7, 11) is 0. The molecule has 0 amide bonds. The van der Waals surface area contributed by atoms with Crippen molar-refractivity contribution in [1.29, 1.82) is 0 Å². The van der Waals surface area contributed by atoms with E-state index in [9.17, 15) is 13.9 Å². The van der Waals surface area contributed by atoms with Crippen LogP contribution in [-0.4, -0.2) is 5.11 Å². The van der Waals surface area contributed by atoms with E-state index in [0.29, 0.717) is 5.56 Å². The largest absolute Gasteiger partial charge is 0.384 e. The minimum absolute atomic E-state index is 0.0581. The van der Waals surface area contributed by atoms with Gasteiger partial charge in [-0.05, 0) is 24.1 Å². The molecule has 0 spiro atoms. The fourth-order valence-electron chi connectivity index (χ4n) is 1.77. The molecule has 1 N–H and O–H groups in total. The monoisotopic (exact) mass is 312 g/mol. The van der Waals surface area contributed by atoms with Gasteiger partial charge in [0.05, 0.1) is 0 Å². The second kappa shape index (κ2) is 5.16. The first kappa shape index (κ1) is 13.2. The van der Waals surface area contributed by atoms with Crippen molar-refractivity contribution in [2.45, 2.75) is 13.0 Å². The molecule has 1 unspecified atom stereocenters. The highest BCUT2D eigenvalue weighted by Gasteiger charge is 2.18. The van der Waals surface area contributed by atoms with E-state index < -0.39 is 17.7 Å². The third-order valence-corrected chi connectivity index (χ3v) is 3.86. The van der Waals surface area contributed by atoms with E-state index in [1.54, 1.807) is 12.1 Å². The molecule has 18 heavy (non-hydrogen) atoms. The lowest BCUT2D eigenvalue weighted by Crippen LogP contribution is -2.04. The SMILES string of the molecule is Cc1cccc(C(O)c2ccc(F)cc2F)c1Br. The standard InChI is InChI=1S/C14H11BrF2O/c1-8-3-2-4-11(13(8)15)14(18)10-6-5-9(16)7-12(10)17/h2-7,14,18H,1H3. The fraction of sp³-hybridized carbons (Fsp3) is 0.143. The van der Waals surface area contributed by atoms with E-state index >= 15 is 0 Å². The molecule has 94 valence electrons. The van der Waals surface area contributed by atoms with Crippen LogP contribution in [0.3, 0.4) is 0 Å². The van der Waals surface area contributed by atoms with E-state index in [4.69, 9.17) is 0 Å². The average Bonchev–Trinajstić information content (AvgIpc) is 2.32. The van der Waals surface area contributed by atoms with Gasteiger partial charge in [-0.2, -0.15) is 0 Å². The molecular formula is C14H11BrF2O. The summed E-state index contributed by atoms with van der Waals surface area (Å²) in [6.07, 6.45) is -1.13. The fourth-order valence-corrected chi connectivity index (χ4v) is 2.25. The number of benzene rings is 2. The van der Waals surface area contributed by atoms with Crippen LogP contribution in [0.2, 0.25) is 0 Å². The predicted octanol–water partition coefficient (Wildman–Crippen LogP) is 4.12. The molecule has 0 heterocycles. The molecule has 0 saturated heterocycles. The van der Waals surface area contributed by atoms with E-state index in [1.165, 1.54) is 6.07 Å². The van der Waals surface area contributed by atoms with E-state index in [-0.39, 0.29) is 5.56 Å². The maximum absolute atomic E-state index is 13.6. The van der Waals surface area contributed by atoms with E-state index in [0.717, 1.165) is 22.2 Å². The molecule has 2 aromatic carbocycles. The normalized spacial score (nSPS) is 12.5. The summed E-state index contributed by atoms with van der Waals surface area (Å²) in [4.78, 5) is 0. The van der Waals surface area contributed by atoms with Gasteiger partial charge in [-0.3, -0.25) is 0 Å². The Morgan fingerprint density at radius 3 is 2.50 bits per heavy atom. The first-order valence-electron chi connectivity index (χ1n) is 5.38. The minimum Gasteiger partial charge on any atom is -0.384 e. The Morgan fingerprint density at radius 1 is 1.11 bits per heavy atom. The molecule has 0 saturated carbocycles. The molecule has 0 aliphatic rings. The van der Waals surface area contributed by atoms with Crippen LogP contribution in [0.15, 0.2) is 40.9 Å². The zero-order chi connectivity index (χ0) is 13.3. The summed E-state index contributed by atoms with van der Waals surface area (Å²) in [6.45, 7) is 1.88. The molecule has 2 rings (SSSR count). The molecule has 4 heteroatoms. The molecule has 0 bridgehead atoms. The molecule has 0 radical (unpaired) electrons. The van der Waals surface area contributed by atoms with Crippen LogP contribution in [0, 0.1) is 18.6 Å². The van der Waals surface area contributed by atoms with Gasteiger partial charge in [-0.1, -0.05) is 40.2 Å². The number of aryl methyl sites for hydroxylation is 1. The molecule has 2 aromatic rings. The first-order valence-corrected chi connectivity index (χ1v) is 6.18. The Morgan fingerprint density at radius 2 is 1.83 bits per heavy atom. The van der Waals surface area contributed by atoms with Crippen molar-refractivity contribution in [2.24, 2.45) is 0 Å². The summed E-state index contributed by atoms with van der Waals surface area (Å²) >= 11 is 3.36. The summed E-state index contributed by atoms with van der Waals surface area (Å²) in [5, 5.41) is 10.2. The van der Waals surface area contributed by atoms with Crippen molar-refractivity contribution < 1.29 is 13.9 Å². The van der Waals surface area contributed by atoms with Gasteiger partial charge >= 0.3 is 0 Å². The average molecular weight is 313 g/mol. The molecule has 1 atom stereocenters. The Balaban J connectivity index is 2.48. The maximum Gasteiger partial charge on any atom is 0.132 e. The highest BCUT2D eigenvalue weighted by molar-refractivity contribution is 9.10. The van der Waals surface area contributed by atoms with Crippen LogP contribution in [0.25, 0.3) is 0 Å². The lowest BCUT2D eigenvalue weighted by molar-refractivity contribution is 0.214. The molecular weight excluding hydrogens is 302 g/mol. The zero-order valence-corrected chi connectivity index (χ0v) is 11.2. The number of aliphatic hydroxyl groups excluding tert-OH is 1. The van der Waals surface area contributed by atoms with E-state index in [1.807, 2.05) is 13.0 Å². The lowest BCUT2D eigenvalue weighted by atomic mass is 9.99. The topological polar surface area (TPSA) is 20.2 Å². The summed E-state index contributed by atoms with van der Waals surface area (Å²) < 4.78 is 27.2. The Labute approximate surface area is 112 Å². The number of aliphatic hydroxyl groups is 1.